The van der Waals surface area contributed by atoms with Crippen molar-refractivity contribution in [3.05, 3.63) is 46.1 Å². The van der Waals surface area contributed by atoms with Gasteiger partial charge in [-0.25, -0.2) is 0 Å². The molecule has 1 amide bonds. The van der Waals surface area contributed by atoms with Gasteiger partial charge in [0.15, 0.2) is 0 Å². The third kappa shape index (κ3) is 3.39. The highest BCUT2D eigenvalue weighted by Gasteiger charge is 2.30. The van der Waals surface area contributed by atoms with Crippen molar-refractivity contribution in [3.63, 3.8) is 0 Å². The molecule has 1 fully saturated rings. The Bertz CT molecular complexity index is 799. The topological polar surface area (TPSA) is 102 Å². The second-order valence-corrected chi connectivity index (χ2v) is 6.45. The Morgan fingerprint density at radius 3 is 2.64 bits per heavy atom. The van der Waals surface area contributed by atoms with Crippen LogP contribution in [-0.4, -0.2) is 49.8 Å². The Kier molecular flexibility index (Phi) is 4.54. The van der Waals surface area contributed by atoms with Gasteiger partial charge < -0.3 is 10.0 Å². The lowest BCUT2D eigenvalue weighted by atomic mass is 9.95. The van der Waals surface area contributed by atoms with Crippen LogP contribution >= 0.6 is 0 Å². The summed E-state index contributed by atoms with van der Waals surface area (Å²) in [5.74, 6) is -0.0144. The number of amides is 1. The quantitative estimate of drug-likeness (QED) is 0.676. The number of piperidine rings is 1. The van der Waals surface area contributed by atoms with Crippen LogP contribution in [0, 0.1) is 16.0 Å². The first-order chi connectivity index (χ1) is 11.9. The van der Waals surface area contributed by atoms with Crippen molar-refractivity contribution in [1.29, 1.82) is 0 Å². The van der Waals surface area contributed by atoms with E-state index in [1.165, 1.54) is 12.1 Å². The number of rotatable bonds is 3. The van der Waals surface area contributed by atoms with Crippen LogP contribution in [0.4, 0.5) is 5.69 Å². The Morgan fingerprint density at radius 2 is 2.04 bits per heavy atom. The molecule has 0 bridgehead atoms. The second-order valence-electron chi connectivity index (χ2n) is 6.45. The number of aryl methyl sites for hydroxylation is 1. The van der Waals surface area contributed by atoms with Gasteiger partial charge in [0.05, 0.1) is 16.6 Å². The molecule has 2 atom stereocenters. The molecule has 8 nitrogen and oxygen atoms in total. The van der Waals surface area contributed by atoms with Crippen LogP contribution in [0.2, 0.25) is 0 Å². The predicted octanol–water partition coefficient (Wildman–Crippen LogP) is 1.84. The third-order valence-corrected chi connectivity index (χ3v) is 4.62. The molecule has 1 N–H and O–H groups in total. The zero-order valence-electron chi connectivity index (χ0n) is 14.1. The second kappa shape index (κ2) is 6.64. The number of hydrogen-bond acceptors (Lipinski definition) is 5. The Labute approximate surface area is 144 Å². The van der Waals surface area contributed by atoms with Gasteiger partial charge in [0.2, 0.25) is 0 Å². The summed E-state index contributed by atoms with van der Waals surface area (Å²) in [7, 11) is 1.72. The van der Waals surface area contributed by atoms with Crippen molar-refractivity contribution < 1.29 is 14.8 Å². The molecule has 2 aromatic rings. The van der Waals surface area contributed by atoms with Crippen LogP contribution < -0.4 is 0 Å². The number of nitro benzene ring substituents is 1. The van der Waals surface area contributed by atoms with Gasteiger partial charge in [0.1, 0.15) is 5.69 Å². The molecule has 0 spiro atoms. The number of hydrogen-bond donors (Lipinski definition) is 1. The van der Waals surface area contributed by atoms with Gasteiger partial charge in [0, 0.05) is 44.0 Å². The average Bonchev–Trinajstić information content (AvgIpc) is 2.98. The number of aromatic nitrogens is 2. The maximum atomic E-state index is 12.9. The minimum Gasteiger partial charge on any atom is -0.391 e. The number of benzene rings is 1. The average molecular weight is 344 g/mol. The fourth-order valence-corrected chi connectivity index (χ4v) is 3.00. The normalized spacial score (nSPS) is 20.5. The molecule has 0 aliphatic carbocycles. The van der Waals surface area contributed by atoms with Crippen LogP contribution in [0.1, 0.15) is 23.7 Å². The van der Waals surface area contributed by atoms with E-state index in [0.29, 0.717) is 29.9 Å². The number of nitrogens with zero attached hydrogens (tertiary/aromatic N) is 4. The van der Waals surface area contributed by atoms with Crippen LogP contribution in [-0.2, 0) is 7.05 Å². The van der Waals surface area contributed by atoms with E-state index in [-0.39, 0.29) is 17.5 Å². The van der Waals surface area contributed by atoms with E-state index in [4.69, 9.17) is 0 Å². The lowest BCUT2D eigenvalue weighted by molar-refractivity contribution is -0.384. The molecule has 0 saturated carbocycles. The molecule has 1 aliphatic heterocycles. The molecule has 1 aliphatic rings. The van der Waals surface area contributed by atoms with Gasteiger partial charge in [-0.1, -0.05) is 6.92 Å². The van der Waals surface area contributed by atoms with Crippen LogP contribution in [0.3, 0.4) is 0 Å². The van der Waals surface area contributed by atoms with Gasteiger partial charge >= 0.3 is 0 Å². The van der Waals surface area contributed by atoms with Crippen molar-refractivity contribution in [3.8, 4) is 11.3 Å². The Morgan fingerprint density at radius 1 is 1.36 bits per heavy atom. The fourth-order valence-electron chi connectivity index (χ4n) is 3.00. The monoisotopic (exact) mass is 344 g/mol. The van der Waals surface area contributed by atoms with Crippen LogP contribution in [0.25, 0.3) is 11.3 Å². The molecule has 1 saturated heterocycles. The van der Waals surface area contributed by atoms with Gasteiger partial charge in [-0.2, -0.15) is 5.10 Å². The molecular formula is C17H20N4O4. The summed E-state index contributed by atoms with van der Waals surface area (Å²) in [5, 5.41) is 25.2. The van der Waals surface area contributed by atoms with E-state index in [2.05, 4.69) is 5.10 Å². The van der Waals surface area contributed by atoms with E-state index >= 15 is 0 Å². The summed E-state index contributed by atoms with van der Waals surface area (Å²) < 4.78 is 1.55. The summed E-state index contributed by atoms with van der Waals surface area (Å²) in [6.07, 6.45) is 1.86. The molecule has 132 valence electrons. The Balaban J connectivity index is 1.90. The molecule has 0 radical (unpaired) electrons. The minimum atomic E-state index is -0.530. The number of carbonyl (C=O) groups excluding carboxylic acids is 1. The highest BCUT2D eigenvalue weighted by molar-refractivity contribution is 6.00. The van der Waals surface area contributed by atoms with E-state index in [1.807, 2.05) is 6.92 Å². The highest BCUT2D eigenvalue weighted by Crippen LogP contribution is 2.27. The van der Waals surface area contributed by atoms with E-state index in [0.717, 1.165) is 6.42 Å². The summed E-state index contributed by atoms with van der Waals surface area (Å²) in [6.45, 7) is 2.86. The fraction of sp³-hybridized carbons (Fsp3) is 0.412. The number of likely N-dealkylation sites (tertiary alicyclic amines) is 1. The van der Waals surface area contributed by atoms with E-state index in [9.17, 15) is 20.0 Å². The standard InChI is InChI=1S/C17H20N4O4/c1-11-7-8-20(10-15(11)22)17(23)14-9-19(2)18-16(14)12-3-5-13(6-4-12)21(24)25/h3-6,9,11,15,22H,7-8,10H2,1-2H3. The Hall–Kier alpha value is -2.74. The lowest BCUT2D eigenvalue weighted by Gasteiger charge is -2.34. The number of non-ortho nitro benzene ring substituents is 1. The smallest absolute Gasteiger partial charge is 0.269 e. The molecule has 25 heavy (non-hydrogen) atoms. The zero-order chi connectivity index (χ0) is 18.1. The van der Waals surface area contributed by atoms with Crippen molar-refractivity contribution >= 4 is 11.6 Å². The third-order valence-electron chi connectivity index (χ3n) is 4.62. The summed E-state index contributed by atoms with van der Waals surface area (Å²) in [5.41, 5.74) is 1.54. The maximum Gasteiger partial charge on any atom is 0.269 e. The van der Waals surface area contributed by atoms with Crippen LogP contribution in [0.5, 0.6) is 0 Å². The van der Waals surface area contributed by atoms with Crippen molar-refractivity contribution in [2.24, 2.45) is 13.0 Å². The molecule has 2 heterocycles. The minimum absolute atomic E-state index is 0.0132. The summed E-state index contributed by atoms with van der Waals surface area (Å²) in [6, 6.07) is 5.96. The largest absolute Gasteiger partial charge is 0.391 e. The molecular weight excluding hydrogens is 324 g/mol. The lowest BCUT2D eigenvalue weighted by Crippen LogP contribution is -2.45. The first-order valence-corrected chi connectivity index (χ1v) is 8.12. The van der Waals surface area contributed by atoms with E-state index in [1.54, 1.807) is 35.0 Å². The SMILES string of the molecule is CC1CCN(C(=O)c2cn(C)nc2-c2ccc([N+](=O)[O-])cc2)CC1O. The zero-order valence-corrected chi connectivity index (χ0v) is 14.1. The van der Waals surface area contributed by atoms with Gasteiger partial charge in [-0.15, -0.1) is 0 Å². The first kappa shape index (κ1) is 17.1. The van der Waals surface area contributed by atoms with Crippen molar-refractivity contribution in [2.75, 3.05) is 13.1 Å². The highest BCUT2D eigenvalue weighted by atomic mass is 16.6. The van der Waals surface area contributed by atoms with Gasteiger partial charge in [0.25, 0.3) is 11.6 Å². The molecule has 1 aromatic heterocycles. The van der Waals surface area contributed by atoms with Gasteiger partial charge in [-0.3, -0.25) is 19.6 Å². The van der Waals surface area contributed by atoms with Crippen LogP contribution in [0.15, 0.2) is 30.5 Å². The molecule has 3 rings (SSSR count). The van der Waals surface area contributed by atoms with Crippen molar-refractivity contribution in [1.82, 2.24) is 14.7 Å². The molecule has 1 aromatic carbocycles. The number of aliphatic hydroxyl groups is 1. The molecule has 2 unspecified atom stereocenters. The summed E-state index contributed by atoms with van der Waals surface area (Å²) >= 11 is 0. The number of β-amino-alcohol motifs (C(OH)–C–C–N with tert-alkyl or cyclic N) is 1. The predicted molar refractivity (Wildman–Crippen MR) is 91.0 cm³/mol. The van der Waals surface area contributed by atoms with E-state index < -0.39 is 11.0 Å². The number of carbonyl (C=O) groups is 1. The van der Waals surface area contributed by atoms with Crippen molar-refractivity contribution in [2.45, 2.75) is 19.4 Å². The maximum absolute atomic E-state index is 12.9. The number of nitro groups is 1. The first-order valence-electron chi connectivity index (χ1n) is 8.12. The molecule has 8 heteroatoms. The number of aliphatic hydroxyl groups excluding tert-OH is 1. The van der Waals surface area contributed by atoms with Gasteiger partial charge in [-0.05, 0) is 24.5 Å². The summed E-state index contributed by atoms with van der Waals surface area (Å²) in [4.78, 5) is 24.8.